The molecular weight excluding hydrogens is 378 g/mol. The minimum Gasteiger partial charge on any atom is -0.320 e. The number of hydrogen-bond acceptors (Lipinski definition) is 1. The second kappa shape index (κ2) is 5.93. The van der Waals surface area contributed by atoms with E-state index in [9.17, 15) is 13.2 Å². The lowest BCUT2D eigenvalue weighted by Gasteiger charge is -2.16. The Labute approximate surface area is 131 Å². The highest BCUT2D eigenvalue weighted by molar-refractivity contribution is 9.10. The van der Waals surface area contributed by atoms with Gasteiger partial charge >= 0.3 is 0 Å². The highest BCUT2D eigenvalue weighted by Crippen LogP contribution is 2.33. The van der Waals surface area contributed by atoms with Crippen molar-refractivity contribution in [3.05, 3.63) is 67.4 Å². The van der Waals surface area contributed by atoms with Gasteiger partial charge in [0.2, 0.25) is 0 Å². The van der Waals surface area contributed by atoms with Crippen LogP contribution in [0.4, 0.5) is 13.2 Å². The Bertz CT molecular complexity index is 677. The molecule has 1 unspecified atom stereocenters. The quantitative estimate of drug-likeness (QED) is 0.557. The van der Waals surface area contributed by atoms with E-state index in [1.807, 2.05) is 0 Å². The predicted molar refractivity (Wildman–Crippen MR) is 76.5 cm³/mol. The Hall–Kier alpha value is -0.750. The van der Waals surface area contributed by atoms with E-state index in [-0.39, 0.29) is 21.2 Å². The summed E-state index contributed by atoms with van der Waals surface area (Å²) in [5.74, 6) is -2.44. The molecule has 1 nitrogen and oxygen atoms in total. The van der Waals surface area contributed by atoms with Crippen LogP contribution in [0.2, 0.25) is 10.0 Å². The third-order valence-electron chi connectivity index (χ3n) is 2.77. The molecule has 2 aromatic rings. The fraction of sp³-hybridized carbons (Fsp3) is 0.0769. The van der Waals surface area contributed by atoms with E-state index in [1.54, 1.807) is 0 Å². The largest absolute Gasteiger partial charge is 0.320 e. The second-order valence-corrected chi connectivity index (χ2v) is 5.67. The van der Waals surface area contributed by atoms with Crippen LogP contribution in [0.5, 0.6) is 0 Å². The number of nitrogens with two attached hydrogens (primary N) is 1. The summed E-state index contributed by atoms with van der Waals surface area (Å²) in [4.78, 5) is 0. The van der Waals surface area contributed by atoms with E-state index in [2.05, 4.69) is 15.9 Å². The number of rotatable bonds is 2. The fourth-order valence-corrected chi connectivity index (χ4v) is 2.35. The van der Waals surface area contributed by atoms with Crippen molar-refractivity contribution < 1.29 is 13.2 Å². The van der Waals surface area contributed by atoms with Crippen molar-refractivity contribution in [3.63, 3.8) is 0 Å². The zero-order valence-corrected chi connectivity index (χ0v) is 12.8. The number of hydrogen-bond donors (Lipinski definition) is 1. The molecule has 0 aliphatic rings. The van der Waals surface area contributed by atoms with Gasteiger partial charge in [0, 0.05) is 15.6 Å². The maximum Gasteiger partial charge on any atom is 0.148 e. The van der Waals surface area contributed by atoms with Crippen molar-refractivity contribution in [1.29, 1.82) is 0 Å². The Morgan fingerprint density at radius 1 is 1.00 bits per heavy atom. The molecule has 2 aromatic carbocycles. The standard InChI is InChI=1S/C13H7BrCl2F3N/c14-7-2-1-5(12(19)11(7)16)13(20)6-3-10(18)8(15)4-9(6)17/h1-4,13H,20H2. The summed E-state index contributed by atoms with van der Waals surface area (Å²) < 4.78 is 41.5. The Balaban J connectivity index is 2.55. The topological polar surface area (TPSA) is 26.0 Å². The van der Waals surface area contributed by atoms with E-state index in [0.29, 0.717) is 4.47 Å². The van der Waals surface area contributed by atoms with Crippen molar-refractivity contribution in [3.8, 4) is 0 Å². The van der Waals surface area contributed by atoms with Crippen LogP contribution < -0.4 is 5.73 Å². The lowest BCUT2D eigenvalue weighted by atomic mass is 9.98. The van der Waals surface area contributed by atoms with Crippen LogP contribution in [-0.2, 0) is 0 Å². The first kappa shape index (κ1) is 15.6. The van der Waals surface area contributed by atoms with Gasteiger partial charge in [-0.25, -0.2) is 13.2 Å². The molecule has 0 bridgehead atoms. The van der Waals surface area contributed by atoms with Gasteiger partial charge in [-0.3, -0.25) is 0 Å². The van der Waals surface area contributed by atoms with Crippen LogP contribution in [-0.4, -0.2) is 0 Å². The lowest BCUT2D eigenvalue weighted by Crippen LogP contribution is -2.16. The molecule has 2 rings (SSSR count). The molecule has 0 radical (unpaired) electrons. The molecule has 0 heterocycles. The first-order valence-electron chi connectivity index (χ1n) is 5.36. The smallest absolute Gasteiger partial charge is 0.148 e. The van der Waals surface area contributed by atoms with Gasteiger partial charge in [0.25, 0.3) is 0 Å². The number of benzene rings is 2. The molecule has 0 spiro atoms. The van der Waals surface area contributed by atoms with Crippen LogP contribution >= 0.6 is 39.1 Å². The molecule has 0 aliphatic carbocycles. The molecule has 0 aliphatic heterocycles. The molecule has 0 saturated heterocycles. The first-order valence-corrected chi connectivity index (χ1v) is 6.91. The van der Waals surface area contributed by atoms with E-state index in [4.69, 9.17) is 28.9 Å². The van der Waals surface area contributed by atoms with Crippen LogP contribution in [0.25, 0.3) is 0 Å². The molecule has 0 amide bonds. The van der Waals surface area contributed by atoms with Gasteiger partial charge in [-0.1, -0.05) is 29.3 Å². The average molecular weight is 385 g/mol. The Morgan fingerprint density at radius 2 is 1.65 bits per heavy atom. The highest BCUT2D eigenvalue weighted by Gasteiger charge is 2.21. The Kier molecular flexibility index (Phi) is 4.64. The van der Waals surface area contributed by atoms with Crippen LogP contribution in [0.1, 0.15) is 17.2 Å². The van der Waals surface area contributed by atoms with Crippen molar-refractivity contribution in [2.45, 2.75) is 6.04 Å². The van der Waals surface area contributed by atoms with Crippen molar-refractivity contribution >= 4 is 39.1 Å². The minimum atomic E-state index is -1.20. The molecule has 0 aromatic heterocycles. The van der Waals surface area contributed by atoms with Gasteiger partial charge in [0.05, 0.1) is 16.1 Å². The van der Waals surface area contributed by atoms with E-state index >= 15 is 0 Å². The van der Waals surface area contributed by atoms with Gasteiger partial charge in [-0.15, -0.1) is 0 Å². The summed E-state index contributed by atoms with van der Waals surface area (Å²) in [7, 11) is 0. The zero-order valence-electron chi connectivity index (χ0n) is 9.73. The fourth-order valence-electron chi connectivity index (χ4n) is 1.72. The third kappa shape index (κ3) is 2.81. The van der Waals surface area contributed by atoms with Crippen molar-refractivity contribution in [1.82, 2.24) is 0 Å². The molecule has 20 heavy (non-hydrogen) atoms. The van der Waals surface area contributed by atoms with Crippen LogP contribution in [0.3, 0.4) is 0 Å². The molecular formula is C13H7BrCl2F3N. The van der Waals surface area contributed by atoms with Gasteiger partial charge in [-0.05, 0) is 34.1 Å². The normalized spacial score (nSPS) is 12.6. The molecule has 0 fully saturated rings. The summed E-state index contributed by atoms with van der Waals surface area (Å²) in [5, 5.41) is -0.541. The van der Waals surface area contributed by atoms with Gasteiger partial charge < -0.3 is 5.73 Å². The average Bonchev–Trinajstić information content (AvgIpc) is 2.40. The van der Waals surface area contributed by atoms with Crippen molar-refractivity contribution in [2.24, 2.45) is 5.73 Å². The maximum atomic E-state index is 14.0. The first-order chi connectivity index (χ1) is 9.32. The summed E-state index contributed by atoms with van der Waals surface area (Å²) in [6.45, 7) is 0. The maximum absolute atomic E-state index is 14.0. The second-order valence-electron chi connectivity index (χ2n) is 4.03. The molecule has 2 N–H and O–H groups in total. The SMILES string of the molecule is NC(c1cc(F)c(Cl)cc1F)c1ccc(Br)c(Cl)c1F. The molecule has 106 valence electrons. The third-order valence-corrected chi connectivity index (χ3v) is 4.32. The predicted octanol–water partition coefficient (Wildman–Crippen LogP) is 5.22. The monoisotopic (exact) mass is 383 g/mol. The lowest BCUT2D eigenvalue weighted by molar-refractivity contribution is 0.562. The molecule has 7 heteroatoms. The molecule has 1 atom stereocenters. The highest BCUT2D eigenvalue weighted by atomic mass is 79.9. The number of halogens is 6. The van der Waals surface area contributed by atoms with E-state index < -0.39 is 23.5 Å². The minimum absolute atomic E-state index is 0.0428. The van der Waals surface area contributed by atoms with Crippen LogP contribution in [0, 0.1) is 17.5 Å². The summed E-state index contributed by atoms with van der Waals surface area (Å²) >= 11 is 14.3. The summed E-state index contributed by atoms with van der Waals surface area (Å²) in [6, 6.07) is 3.27. The Morgan fingerprint density at radius 3 is 2.30 bits per heavy atom. The van der Waals surface area contributed by atoms with Gasteiger partial charge in [0.1, 0.15) is 17.5 Å². The summed E-state index contributed by atoms with van der Waals surface area (Å²) in [6.07, 6.45) is 0. The van der Waals surface area contributed by atoms with E-state index in [0.717, 1.165) is 12.1 Å². The van der Waals surface area contributed by atoms with Crippen LogP contribution in [0.15, 0.2) is 28.7 Å². The van der Waals surface area contributed by atoms with Gasteiger partial charge in [0.15, 0.2) is 0 Å². The molecule has 0 saturated carbocycles. The van der Waals surface area contributed by atoms with Crippen molar-refractivity contribution in [2.75, 3.05) is 0 Å². The zero-order chi connectivity index (χ0) is 15.0. The van der Waals surface area contributed by atoms with E-state index in [1.165, 1.54) is 12.1 Å². The summed E-state index contributed by atoms with van der Waals surface area (Å²) in [5.41, 5.74) is 5.54. The van der Waals surface area contributed by atoms with Gasteiger partial charge in [-0.2, -0.15) is 0 Å².